The highest BCUT2D eigenvalue weighted by molar-refractivity contribution is 9.10. The minimum atomic E-state index is -0.0706. The molecule has 92 valence electrons. The van der Waals surface area contributed by atoms with Crippen molar-refractivity contribution in [2.45, 2.75) is 26.2 Å². The van der Waals surface area contributed by atoms with E-state index in [1.807, 2.05) is 19.1 Å². The fourth-order valence-electron chi connectivity index (χ4n) is 1.97. The van der Waals surface area contributed by atoms with Crippen molar-refractivity contribution in [2.24, 2.45) is 5.92 Å². The van der Waals surface area contributed by atoms with Crippen LogP contribution in [-0.4, -0.2) is 12.5 Å². The summed E-state index contributed by atoms with van der Waals surface area (Å²) in [4.78, 5) is 12.0. The zero-order chi connectivity index (χ0) is 12.4. The molecule has 1 aliphatic rings. The van der Waals surface area contributed by atoms with Crippen molar-refractivity contribution in [3.05, 3.63) is 27.7 Å². The zero-order valence-electron chi connectivity index (χ0n) is 9.92. The summed E-state index contributed by atoms with van der Waals surface area (Å²) in [6.45, 7) is 2.72. The molecule has 1 aliphatic carbocycles. The first kappa shape index (κ1) is 12.4. The number of hydrogen-bond acceptors (Lipinski definition) is 2. The number of carbonyl (C=O) groups excluding carboxylic acids is 1. The number of amides is 1. The van der Waals surface area contributed by atoms with E-state index in [0.29, 0.717) is 17.2 Å². The molecule has 4 heteroatoms. The molecule has 0 atom stereocenters. The second-order valence-corrected chi connectivity index (χ2v) is 5.57. The molecule has 0 spiro atoms. The number of rotatable bonds is 3. The molecule has 0 radical (unpaired) electrons. The normalized spacial score (nSPS) is 15.4. The summed E-state index contributed by atoms with van der Waals surface area (Å²) in [5.74, 6) is 0.590. The molecule has 0 unspecified atom stereocenters. The van der Waals surface area contributed by atoms with Gasteiger partial charge in [0.1, 0.15) is 0 Å². The zero-order valence-corrected chi connectivity index (χ0v) is 11.5. The van der Waals surface area contributed by atoms with Gasteiger partial charge in [-0.05, 0) is 59.3 Å². The van der Waals surface area contributed by atoms with Crippen LogP contribution in [0.3, 0.4) is 0 Å². The largest absolute Gasteiger partial charge is 0.397 e. The van der Waals surface area contributed by atoms with Crippen LogP contribution in [0.4, 0.5) is 5.69 Å². The molecule has 1 aromatic carbocycles. The van der Waals surface area contributed by atoms with Gasteiger partial charge in [0.05, 0.1) is 11.3 Å². The predicted octanol–water partition coefficient (Wildman–Crippen LogP) is 2.87. The highest BCUT2D eigenvalue weighted by Gasteiger charge is 2.19. The molecule has 3 N–H and O–H groups in total. The van der Waals surface area contributed by atoms with Crippen molar-refractivity contribution in [3.63, 3.8) is 0 Å². The van der Waals surface area contributed by atoms with Crippen LogP contribution in [0.5, 0.6) is 0 Å². The van der Waals surface area contributed by atoms with Crippen molar-refractivity contribution in [2.75, 3.05) is 12.3 Å². The number of nitrogen functional groups attached to an aromatic ring is 1. The van der Waals surface area contributed by atoms with Crippen LogP contribution in [0.15, 0.2) is 16.6 Å². The third kappa shape index (κ3) is 2.80. The van der Waals surface area contributed by atoms with Gasteiger partial charge in [0.2, 0.25) is 0 Å². The van der Waals surface area contributed by atoms with Gasteiger partial charge >= 0.3 is 0 Å². The average molecular weight is 297 g/mol. The lowest BCUT2D eigenvalue weighted by Gasteiger charge is -2.25. The maximum Gasteiger partial charge on any atom is 0.253 e. The summed E-state index contributed by atoms with van der Waals surface area (Å²) in [7, 11) is 0. The van der Waals surface area contributed by atoms with Gasteiger partial charge in [-0.15, -0.1) is 0 Å². The van der Waals surface area contributed by atoms with Gasteiger partial charge in [0.15, 0.2) is 0 Å². The highest BCUT2D eigenvalue weighted by atomic mass is 79.9. The third-order valence-electron chi connectivity index (χ3n) is 3.29. The Hall–Kier alpha value is -1.03. The number of nitrogens with two attached hydrogens (primary N) is 1. The van der Waals surface area contributed by atoms with E-state index in [1.54, 1.807) is 0 Å². The molecule has 1 fully saturated rings. The first-order chi connectivity index (χ1) is 8.08. The molecule has 0 aliphatic heterocycles. The minimum absolute atomic E-state index is 0.0706. The summed E-state index contributed by atoms with van der Waals surface area (Å²) in [5, 5.41) is 2.96. The van der Waals surface area contributed by atoms with Crippen molar-refractivity contribution in [1.29, 1.82) is 0 Å². The molecule has 1 aromatic rings. The quantitative estimate of drug-likeness (QED) is 0.843. The predicted molar refractivity (Wildman–Crippen MR) is 73.0 cm³/mol. The van der Waals surface area contributed by atoms with Crippen molar-refractivity contribution >= 4 is 27.5 Å². The van der Waals surface area contributed by atoms with Crippen LogP contribution < -0.4 is 11.1 Å². The maximum atomic E-state index is 12.0. The van der Waals surface area contributed by atoms with Gasteiger partial charge in [-0.1, -0.05) is 6.42 Å². The summed E-state index contributed by atoms with van der Waals surface area (Å²) >= 11 is 3.37. The molecule has 2 rings (SSSR count). The lowest BCUT2D eigenvalue weighted by Crippen LogP contribution is -2.32. The summed E-state index contributed by atoms with van der Waals surface area (Å²) in [6, 6.07) is 3.74. The van der Waals surface area contributed by atoms with E-state index in [9.17, 15) is 4.79 Å². The number of carbonyl (C=O) groups is 1. The van der Waals surface area contributed by atoms with E-state index < -0.39 is 0 Å². The Labute approximate surface area is 110 Å². The van der Waals surface area contributed by atoms with E-state index in [-0.39, 0.29) is 5.91 Å². The molecular formula is C13H17BrN2O. The third-order valence-corrected chi connectivity index (χ3v) is 3.95. The fraction of sp³-hybridized carbons (Fsp3) is 0.462. The first-order valence-electron chi connectivity index (χ1n) is 5.91. The molecule has 0 heterocycles. The lowest BCUT2D eigenvalue weighted by atomic mass is 9.85. The van der Waals surface area contributed by atoms with Crippen LogP contribution >= 0.6 is 15.9 Å². The van der Waals surface area contributed by atoms with E-state index >= 15 is 0 Å². The van der Waals surface area contributed by atoms with Gasteiger partial charge in [0.25, 0.3) is 5.91 Å². The number of anilines is 1. The number of hydrogen-bond donors (Lipinski definition) is 2. The molecule has 3 nitrogen and oxygen atoms in total. The minimum Gasteiger partial charge on any atom is -0.397 e. The summed E-state index contributed by atoms with van der Waals surface area (Å²) < 4.78 is 0.784. The Kier molecular flexibility index (Phi) is 3.72. The maximum absolute atomic E-state index is 12.0. The van der Waals surface area contributed by atoms with E-state index in [1.165, 1.54) is 19.3 Å². The topological polar surface area (TPSA) is 55.1 Å². The van der Waals surface area contributed by atoms with E-state index in [4.69, 9.17) is 5.73 Å². The van der Waals surface area contributed by atoms with Crippen LogP contribution in [-0.2, 0) is 0 Å². The van der Waals surface area contributed by atoms with Gasteiger partial charge in [-0.2, -0.15) is 0 Å². The van der Waals surface area contributed by atoms with E-state index in [2.05, 4.69) is 21.2 Å². The SMILES string of the molecule is Cc1cc(Br)c(N)c(C(=O)NCC2CCC2)c1. The molecule has 0 saturated heterocycles. The van der Waals surface area contributed by atoms with Gasteiger partial charge < -0.3 is 11.1 Å². The smallest absolute Gasteiger partial charge is 0.253 e. The second-order valence-electron chi connectivity index (χ2n) is 4.71. The van der Waals surface area contributed by atoms with Crippen molar-refractivity contribution < 1.29 is 4.79 Å². The summed E-state index contributed by atoms with van der Waals surface area (Å²) in [6.07, 6.45) is 3.75. The number of nitrogens with one attached hydrogen (secondary N) is 1. The van der Waals surface area contributed by atoms with Crippen LogP contribution in [0.2, 0.25) is 0 Å². The van der Waals surface area contributed by atoms with Crippen molar-refractivity contribution in [3.8, 4) is 0 Å². The molecule has 17 heavy (non-hydrogen) atoms. The number of aryl methyl sites for hydroxylation is 1. The van der Waals surface area contributed by atoms with Gasteiger partial charge in [0, 0.05) is 11.0 Å². The Balaban J connectivity index is 2.07. The Morgan fingerprint density at radius 3 is 2.82 bits per heavy atom. The number of benzene rings is 1. The van der Waals surface area contributed by atoms with Gasteiger partial charge in [-0.3, -0.25) is 4.79 Å². The molecular weight excluding hydrogens is 280 g/mol. The average Bonchev–Trinajstić information content (AvgIpc) is 2.20. The second kappa shape index (κ2) is 5.08. The van der Waals surface area contributed by atoms with Crippen LogP contribution in [0.25, 0.3) is 0 Å². The first-order valence-corrected chi connectivity index (χ1v) is 6.71. The van der Waals surface area contributed by atoms with Crippen LogP contribution in [0, 0.1) is 12.8 Å². The molecule has 1 saturated carbocycles. The molecule has 1 amide bonds. The van der Waals surface area contributed by atoms with Crippen LogP contribution in [0.1, 0.15) is 35.2 Å². The number of halogens is 1. The molecule has 0 aromatic heterocycles. The highest BCUT2D eigenvalue weighted by Crippen LogP contribution is 2.27. The van der Waals surface area contributed by atoms with E-state index in [0.717, 1.165) is 16.6 Å². The van der Waals surface area contributed by atoms with Gasteiger partial charge in [-0.25, -0.2) is 0 Å². The monoisotopic (exact) mass is 296 g/mol. The van der Waals surface area contributed by atoms with Crippen molar-refractivity contribution in [1.82, 2.24) is 5.32 Å². The fourth-order valence-corrected chi connectivity index (χ4v) is 2.55. The molecule has 0 bridgehead atoms. The lowest BCUT2D eigenvalue weighted by molar-refractivity contribution is 0.0940. The Morgan fingerprint density at radius 1 is 1.53 bits per heavy atom. The standard InChI is InChI=1S/C13H17BrN2O/c1-8-5-10(12(15)11(14)6-8)13(17)16-7-9-3-2-4-9/h5-6,9H,2-4,7,15H2,1H3,(H,16,17). The Morgan fingerprint density at radius 2 is 2.24 bits per heavy atom. The Bertz CT molecular complexity index is 441. The summed E-state index contributed by atoms with van der Waals surface area (Å²) in [5.41, 5.74) is 8.01.